The summed E-state index contributed by atoms with van der Waals surface area (Å²) >= 11 is 1.37. The summed E-state index contributed by atoms with van der Waals surface area (Å²) in [5.74, 6) is -1.92. The van der Waals surface area contributed by atoms with Gasteiger partial charge in [0.05, 0.1) is 5.56 Å². The van der Waals surface area contributed by atoms with Crippen LogP contribution in [0.4, 0.5) is 5.69 Å². The lowest BCUT2D eigenvalue weighted by molar-refractivity contribution is -0.133. The fraction of sp³-hybridized carbons (Fsp3) is 0.238. The highest BCUT2D eigenvalue weighted by Gasteiger charge is 2.33. The zero-order chi connectivity index (χ0) is 21.0. The van der Waals surface area contributed by atoms with Crippen molar-refractivity contribution in [3.8, 4) is 0 Å². The van der Waals surface area contributed by atoms with Crippen LogP contribution in [0.1, 0.15) is 22.8 Å². The molecule has 150 valence electrons. The van der Waals surface area contributed by atoms with Gasteiger partial charge in [0.1, 0.15) is 6.04 Å². The van der Waals surface area contributed by atoms with Crippen LogP contribution < -0.4 is 11.1 Å². The molecule has 1 aliphatic rings. The molecule has 0 aromatic heterocycles. The molecule has 1 atom stereocenters. The van der Waals surface area contributed by atoms with Gasteiger partial charge < -0.3 is 16.0 Å². The van der Waals surface area contributed by atoms with Crippen LogP contribution >= 0.6 is 11.8 Å². The summed E-state index contributed by atoms with van der Waals surface area (Å²) in [6.07, 6.45) is 0.580. The van der Waals surface area contributed by atoms with Crippen LogP contribution in [0.25, 0.3) is 0 Å². The third kappa shape index (κ3) is 4.83. The minimum absolute atomic E-state index is 0.330. The Hall–Kier alpha value is -3.13. The molecule has 0 fully saturated rings. The van der Waals surface area contributed by atoms with E-state index in [1.165, 1.54) is 29.7 Å². The molecule has 2 aromatic rings. The highest BCUT2D eigenvalue weighted by Crippen LogP contribution is 2.32. The largest absolute Gasteiger partial charge is 0.368 e. The summed E-state index contributed by atoms with van der Waals surface area (Å²) in [5.41, 5.74) is 7.34. The quantitative estimate of drug-likeness (QED) is 0.705. The van der Waals surface area contributed by atoms with Crippen LogP contribution in [0.2, 0.25) is 0 Å². The minimum Gasteiger partial charge on any atom is -0.368 e. The zero-order valence-electron chi connectivity index (χ0n) is 15.9. The normalized spacial score (nSPS) is 16.0. The first-order chi connectivity index (χ1) is 13.9. The highest BCUT2D eigenvalue weighted by atomic mass is 32.2. The second-order valence-corrected chi connectivity index (χ2v) is 7.75. The van der Waals surface area contributed by atoms with Crippen molar-refractivity contribution < 1.29 is 19.2 Å². The Morgan fingerprint density at radius 3 is 2.55 bits per heavy atom. The molecule has 1 unspecified atom stereocenters. The van der Waals surface area contributed by atoms with Crippen molar-refractivity contribution in [1.82, 2.24) is 4.90 Å². The van der Waals surface area contributed by atoms with Crippen LogP contribution in [-0.4, -0.2) is 46.7 Å². The Morgan fingerprint density at radius 2 is 1.90 bits per heavy atom. The highest BCUT2D eigenvalue weighted by molar-refractivity contribution is 7.99. The van der Waals surface area contributed by atoms with Crippen molar-refractivity contribution >= 4 is 41.0 Å². The summed E-state index contributed by atoms with van der Waals surface area (Å²) in [4.78, 5) is 50.4. The summed E-state index contributed by atoms with van der Waals surface area (Å²) in [6.45, 7) is 1.50. The number of carbonyl (C=O) groups is 4. The van der Waals surface area contributed by atoms with Gasteiger partial charge >= 0.3 is 0 Å². The molecule has 29 heavy (non-hydrogen) atoms. The number of thioether (sulfide) groups is 1. The standard InChI is InChI=1S/C21H21N3O4S/c1-13(25)20(27)23-15-7-8-18-16(11-15)21(28)24(17(12-29-18)19(22)26)10-9-14-5-3-2-4-6-14/h2-8,11,17H,9-10,12H2,1H3,(H2,22,26)(H,23,27). The van der Waals surface area contributed by atoms with Crippen LogP contribution in [0.5, 0.6) is 0 Å². The summed E-state index contributed by atoms with van der Waals surface area (Å²) in [7, 11) is 0. The zero-order valence-corrected chi connectivity index (χ0v) is 16.7. The van der Waals surface area contributed by atoms with E-state index in [1.807, 2.05) is 30.3 Å². The van der Waals surface area contributed by atoms with Crippen LogP contribution in [0, 0.1) is 0 Å². The molecule has 3 amide bonds. The number of carbonyl (C=O) groups excluding carboxylic acids is 4. The minimum atomic E-state index is -0.755. The lowest BCUT2D eigenvalue weighted by Gasteiger charge is -2.27. The number of nitrogens with two attached hydrogens (primary N) is 1. The van der Waals surface area contributed by atoms with Crippen LogP contribution in [-0.2, 0) is 20.8 Å². The average molecular weight is 411 g/mol. The van der Waals surface area contributed by atoms with Gasteiger partial charge in [0.15, 0.2) is 0 Å². The number of hydrogen-bond acceptors (Lipinski definition) is 5. The fourth-order valence-electron chi connectivity index (χ4n) is 3.06. The maximum atomic E-state index is 13.3. The van der Waals surface area contributed by atoms with Gasteiger partial charge in [0, 0.05) is 29.8 Å². The molecule has 3 N–H and O–H groups in total. The van der Waals surface area contributed by atoms with Crippen molar-refractivity contribution in [2.24, 2.45) is 5.73 Å². The smallest absolute Gasteiger partial charge is 0.291 e. The molecule has 7 nitrogen and oxygen atoms in total. The Labute approximate surface area is 172 Å². The van der Waals surface area contributed by atoms with E-state index in [9.17, 15) is 19.2 Å². The van der Waals surface area contributed by atoms with Gasteiger partial charge in [-0.2, -0.15) is 0 Å². The number of hydrogen-bond donors (Lipinski definition) is 2. The van der Waals surface area contributed by atoms with Gasteiger partial charge in [-0.05, 0) is 30.2 Å². The topological polar surface area (TPSA) is 110 Å². The maximum absolute atomic E-state index is 13.3. The molecular weight excluding hydrogens is 390 g/mol. The molecule has 0 spiro atoms. The third-order valence-electron chi connectivity index (χ3n) is 4.63. The number of anilines is 1. The second kappa shape index (κ2) is 8.91. The lowest BCUT2D eigenvalue weighted by atomic mass is 10.1. The monoisotopic (exact) mass is 411 g/mol. The second-order valence-electron chi connectivity index (χ2n) is 6.68. The maximum Gasteiger partial charge on any atom is 0.291 e. The van der Waals surface area contributed by atoms with Crippen LogP contribution in [0.15, 0.2) is 53.4 Å². The number of rotatable bonds is 6. The molecule has 0 radical (unpaired) electrons. The van der Waals surface area contributed by atoms with Gasteiger partial charge in [-0.3, -0.25) is 19.2 Å². The van der Waals surface area contributed by atoms with Gasteiger partial charge in [-0.1, -0.05) is 30.3 Å². The van der Waals surface area contributed by atoms with E-state index >= 15 is 0 Å². The first-order valence-corrected chi connectivity index (χ1v) is 10.1. The Morgan fingerprint density at radius 1 is 1.17 bits per heavy atom. The number of benzene rings is 2. The van der Waals surface area contributed by atoms with Crippen molar-refractivity contribution in [2.75, 3.05) is 17.6 Å². The van der Waals surface area contributed by atoms with E-state index in [-0.39, 0.29) is 5.91 Å². The Kier molecular flexibility index (Phi) is 6.33. The number of fused-ring (bicyclic) bond motifs is 1. The SMILES string of the molecule is CC(=O)C(=O)Nc1ccc2c(c1)C(=O)N(CCc1ccccc1)C(C(N)=O)CS2. The third-order valence-corrected chi connectivity index (χ3v) is 5.78. The van der Waals surface area contributed by atoms with E-state index in [0.717, 1.165) is 5.56 Å². The summed E-state index contributed by atoms with van der Waals surface area (Å²) in [6, 6.07) is 13.8. The molecular formula is C21H21N3O4S. The fourth-order valence-corrected chi connectivity index (χ4v) is 4.21. The molecule has 8 heteroatoms. The van der Waals surface area contributed by atoms with E-state index in [1.54, 1.807) is 12.1 Å². The molecule has 2 aromatic carbocycles. The number of ketones is 1. The van der Waals surface area contributed by atoms with Crippen molar-refractivity contribution in [3.63, 3.8) is 0 Å². The van der Waals surface area contributed by atoms with Crippen LogP contribution in [0.3, 0.4) is 0 Å². The summed E-state index contributed by atoms with van der Waals surface area (Å²) < 4.78 is 0. The Balaban J connectivity index is 1.89. The number of amides is 3. The first-order valence-electron chi connectivity index (χ1n) is 9.10. The lowest BCUT2D eigenvalue weighted by Crippen LogP contribution is -2.49. The van der Waals surface area contributed by atoms with E-state index in [0.29, 0.717) is 34.9 Å². The molecule has 0 aliphatic carbocycles. The van der Waals surface area contributed by atoms with Crippen molar-refractivity contribution in [1.29, 1.82) is 0 Å². The molecule has 1 aliphatic heterocycles. The number of nitrogens with one attached hydrogen (secondary N) is 1. The first kappa shape index (κ1) is 20.6. The average Bonchev–Trinajstić information content (AvgIpc) is 2.84. The summed E-state index contributed by atoms with van der Waals surface area (Å²) in [5, 5.41) is 2.48. The Bertz CT molecular complexity index is 962. The molecule has 0 saturated carbocycles. The van der Waals surface area contributed by atoms with Crippen molar-refractivity contribution in [3.05, 3.63) is 59.7 Å². The van der Waals surface area contributed by atoms with Gasteiger partial charge in [0.2, 0.25) is 11.7 Å². The van der Waals surface area contributed by atoms with Gasteiger partial charge in [-0.15, -0.1) is 11.8 Å². The predicted octanol–water partition coefficient (Wildman–Crippen LogP) is 1.86. The molecule has 0 saturated heterocycles. The number of primary amides is 1. The number of Topliss-reactive ketones (excluding diaryl/α,β-unsaturated/α-hetero) is 1. The van der Waals surface area contributed by atoms with Gasteiger partial charge in [-0.25, -0.2) is 0 Å². The van der Waals surface area contributed by atoms with E-state index < -0.39 is 23.6 Å². The predicted molar refractivity (Wildman–Crippen MR) is 111 cm³/mol. The molecule has 3 rings (SSSR count). The molecule has 0 bridgehead atoms. The van der Waals surface area contributed by atoms with Crippen molar-refractivity contribution in [2.45, 2.75) is 24.3 Å². The van der Waals surface area contributed by atoms with E-state index in [4.69, 9.17) is 5.73 Å². The molecule has 1 heterocycles. The van der Waals surface area contributed by atoms with Gasteiger partial charge in [0.25, 0.3) is 11.8 Å². The number of nitrogens with zero attached hydrogens (tertiary/aromatic N) is 1. The van der Waals surface area contributed by atoms with E-state index in [2.05, 4.69) is 5.32 Å².